The lowest BCUT2D eigenvalue weighted by Gasteiger charge is -2.15. The molecule has 0 radical (unpaired) electrons. The van der Waals surface area contributed by atoms with Crippen LogP contribution >= 0.6 is 11.3 Å². The fourth-order valence-electron chi connectivity index (χ4n) is 4.49. The van der Waals surface area contributed by atoms with E-state index in [-0.39, 0.29) is 11.5 Å². The highest BCUT2D eigenvalue weighted by atomic mass is 32.1. The van der Waals surface area contributed by atoms with E-state index in [0.717, 1.165) is 52.5 Å². The molecular formula is C28H27NO3S. The first-order valence-electron chi connectivity index (χ1n) is 11.4. The molecule has 4 aromatic rings. The second-order valence-corrected chi connectivity index (χ2v) is 9.80. The number of hydrogen-bond acceptors (Lipinski definition) is 5. The Labute approximate surface area is 198 Å². The van der Waals surface area contributed by atoms with E-state index in [1.54, 1.807) is 12.1 Å². The smallest absolute Gasteiger partial charge is 0.203 e. The van der Waals surface area contributed by atoms with Crippen LogP contribution in [-0.4, -0.2) is 42.0 Å². The minimum Gasteiger partial charge on any atom is -0.508 e. The molecule has 0 unspecified atom stereocenters. The fraction of sp³-hybridized carbons (Fsp3) is 0.250. The molecule has 2 heterocycles. The van der Waals surface area contributed by atoms with Gasteiger partial charge in [-0.1, -0.05) is 49.4 Å². The third-order valence-corrected chi connectivity index (χ3v) is 7.39. The zero-order valence-electron chi connectivity index (χ0n) is 18.7. The number of thiophene rings is 1. The zero-order chi connectivity index (χ0) is 22.8. The van der Waals surface area contributed by atoms with Crippen molar-refractivity contribution in [3.8, 4) is 22.6 Å². The van der Waals surface area contributed by atoms with Crippen molar-refractivity contribution in [3.05, 3.63) is 83.2 Å². The largest absolute Gasteiger partial charge is 0.508 e. The highest BCUT2D eigenvalue weighted by molar-refractivity contribution is 7.21. The van der Waals surface area contributed by atoms with E-state index in [2.05, 4.69) is 11.8 Å². The van der Waals surface area contributed by atoms with E-state index in [4.69, 9.17) is 4.74 Å². The fourth-order valence-corrected chi connectivity index (χ4v) is 5.71. The van der Waals surface area contributed by atoms with Crippen LogP contribution in [-0.2, 0) is 0 Å². The van der Waals surface area contributed by atoms with Gasteiger partial charge in [-0.15, -0.1) is 11.3 Å². The summed E-state index contributed by atoms with van der Waals surface area (Å²) in [5.74, 6) is 1.80. The standard InChI is InChI=1S/C28H27NO3S/c1-19-13-14-29(18-19)15-16-32-23-10-7-20(8-11-23)26-24-12-9-22(30)17-25(24)33-28(26)27(31)21-5-3-2-4-6-21/h2-12,17,19,30H,13-16,18H2,1H3/t19-/m0/s1. The summed E-state index contributed by atoms with van der Waals surface area (Å²) >= 11 is 1.42. The van der Waals surface area contributed by atoms with Crippen molar-refractivity contribution >= 4 is 27.2 Å². The average Bonchev–Trinajstić information content (AvgIpc) is 3.42. The molecule has 0 bridgehead atoms. The molecule has 3 aromatic carbocycles. The number of hydrogen-bond donors (Lipinski definition) is 1. The first-order chi connectivity index (χ1) is 16.1. The van der Waals surface area contributed by atoms with E-state index in [9.17, 15) is 9.90 Å². The first-order valence-corrected chi connectivity index (χ1v) is 12.2. The molecule has 1 saturated heterocycles. The van der Waals surface area contributed by atoms with Crippen LogP contribution in [0.4, 0.5) is 0 Å². The summed E-state index contributed by atoms with van der Waals surface area (Å²) in [5.41, 5.74) is 2.53. The molecule has 0 saturated carbocycles. The van der Waals surface area contributed by atoms with Crippen molar-refractivity contribution in [2.75, 3.05) is 26.2 Å². The number of ketones is 1. The lowest BCUT2D eigenvalue weighted by molar-refractivity contribution is 0.104. The second kappa shape index (κ2) is 9.38. The maximum atomic E-state index is 13.4. The number of carbonyl (C=O) groups is 1. The van der Waals surface area contributed by atoms with Crippen molar-refractivity contribution in [3.63, 3.8) is 0 Å². The number of nitrogens with zero attached hydrogens (tertiary/aromatic N) is 1. The Balaban J connectivity index is 1.42. The van der Waals surface area contributed by atoms with Gasteiger partial charge in [0, 0.05) is 34.3 Å². The quantitative estimate of drug-likeness (QED) is 0.335. The number of aromatic hydroxyl groups is 1. The second-order valence-electron chi connectivity index (χ2n) is 8.75. The Bertz CT molecular complexity index is 1260. The Morgan fingerprint density at radius 2 is 1.88 bits per heavy atom. The molecule has 1 atom stereocenters. The van der Waals surface area contributed by atoms with Gasteiger partial charge in [-0.05, 0) is 54.8 Å². The summed E-state index contributed by atoms with van der Waals surface area (Å²) < 4.78 is 6.88. The summed E-state index contributed by atoms with van der Waals surface area (Å²) in [6.45, 7) is 6.22. The summed E-state index contributed by atoms with van der Waals surface area (Å²) in [6, 6.07) is 22.6. The molecule has 0 aliphatic carbocycles. The Morgan fingerprint density at radius 1 is 1.09 bits per heavy atom. The predicted molar refractivity (Wildman–Crippen MR) is 135 cm³/mol. The molecule has 0 spiro atoms. The van der Waals surface area contributed by atoms with Gasteiger partial charge in [-0.25, -0.2) is 0 Å². The maximum Gasteiger partial charge on any atom is 0.203 e. The number of rotatable bonds is 7. The molecular weight excluding hydrogens is 430 g/mol. The Kier molecular flexibility index (Phi) is 6.16. The van der Waals surface area contributed by atoms with Crippen LogP contribution < -0.4 is 4.74 Å². The van der Waals surface area contributed by atoms with Crippen molar-refractivity contribution in [1.29, 1.82) is 0 Å². The van der Waals surface area contributed by atoms with Crippen molar-refractivity contribution in [1.82, 2.24) is 4.90 Å². The number of fused-ring (bicyclic) bond motifs is 1. The molecule has 168 valence electrons. The summed E-state index contributed by atoms with van der Waals surface area (Å²) in [4.78, 5) is 16.5. The van der Waals surface area contributed by atoms with Crippen molar-refractivity contribution in [2.24, 2.45) is 5.92 Å². The molecule has 5 heteroatoms. The van der Waals surface area contributed by atoms with Crippen LogP contribution in [0.15, 0.2) is 72.8 Å². The minimum absolute atomic E-state index is 0.00791. The number of likely N-dealkylation sites (tertiary alicyclic amines) is 1. The van der Waals surface area contributed by atoms with Crippen LogP contribution in [0.5, 0.6) is 11.5 Å². The Hall–Kier alpha value is -3.15. The number of phenolic OH excluding ortho intramolecular Hbond substituents is 1. The van der Waals surface area contributed by atoms with E-state index in [1.165, 1.54) is 17.8 Å². The molecule has 1 aromatic heterocycles. The van der Waals surface area contributed by atoms with Crippen LogP contribution in [0.3, 0.4) is 0 Å². The number of phenols is 1. The van der Waals surface area contributed by atoms with Gasteiger partial charge in [-0.2, -0.15) is 0 Å². The van der Waals surface area contributed by atoms with Crippen LogP contribution in [0, 0.1) is 5.92 Å². The molecule has 1 N–H and O–H groups in total. The van der Waals surface area contributed by atoms with Crippen LogP contribution in [0.2, 0.25) is 0 Å². The van der Waals surface area contributed by atoms with E-state index in [0.29, 0.717) is 17.0 Å². The topological polar surface area (TPSA) is 49.8 Å². The van der Waals surface area contributed by atoms with Crippen LogP contribution in [0.25, 0.3) is 21.2 Å². The number of carbonyl (C=O) groups excluding carboxylic acids is 1. The predicted octanol–water partition coefficient (Wildman–Crippen LogP) is 6.23. The normalized spacial score (nSPS) is 16.3. The maximum absolute atomic E-state index is 13.4. The van der Waals surface area contributed by atoms with Gasteiger partial charge in [0.05, 0.1) is 4.88 Å². The van der Waals surface area contributed by atoms with Gasteiger partial charge >= 0.3 is 0 Å². The first kappa shape index (κ1) is 21.7. The molecule has 5 rings (SSSR count). The van der Waals surface area contributed by atoms with E-state index >= 15 is 0 Å². The number of ether oxygens (including phenoxy) is 1. The van der Waals surface area contributed by atoms with Gasteiger partial charge < -0.3 is 9.84 Å². The molecule has 1 aliphatic heterocycles. The highest BCUT2D eigenvalue weighted by Gasteiger charge is 2.21. The lowest BCUT2D eigenvalue weighted by atomic mass is 9.98. The van der Waals surface area contributed by atoms with Gasteiger partial charge in [0.15, 0.2) is 0 Å². The Morgan fingerprint density at radius 3 is 2.61 bits per heavy atom. The van der Waals surface area contributed by atoms with Gasteiger partial charge in [0.2, 0.25) is 5.78 Å². The lowest BCUT2D eigenvalue weighted by Crippen LogP contribution is -2.25. The minimum atomic E-state index is -0.00791. The molecule has 33 heavy (non-hydrogen) atoms. The molecule has 1 aliphatic rings. The third-order valence-electron chi connectivity index (χ3n) is 6.24. The van der Waals surface area contributed by atoms with E-state index < -0.39 is 0 Å². The van der Waals surface area contributed by atoms with Gasteiger partial charge in [-0.3, -0.25) is 9.69 Å². The third kappa shape index (κ3) is 4.65. The van der Waals surface area contributed by atoms with Gasteiger partial charge in [0.1, 0.15) is 18.1 Å². The average molecular weight is 458 g/mol. The monoisotopic (exact) mass is 457 g/mol. The van der Waals surface area contributed by atoms with Crippen molar-refractivity contribution < 1.29 is 14.6 Å². The van der Waals surface area contributed by atoms with E-state index in [1.807, 2.05) is 60.7 Å². The summed E-state index contributed by atoms with van der Waals surface area (Å²) in [6.07, 6.45) is 1.27. The molecule has 0 amide bonds. The summed E-state index contributed by atoms with van der Waals surface area (Å²) in [7, 11) is 0. The number of benzene rings is 3. The molecule has 1 fully saturated rings. The molecule has 4 nitrogen and oxygen atoms in total. The van der Waals surface area contributed by atoms with Crippen molar-refractivity contribution in [2.45, 2.75) is 13.3 Å². The summed E-state index contributed by atoms with van der Waals surface area (Å²) in [5, 5.41) is 10.9. The van der Waals surface area contributed by atoms with Crippen LogP contribution in [0.1, 0.15) is 28.6 Å². The zero-order valence-corrected chi connectivity index (χ0v) is 19.5. The SMILES string of the molecule is C[C@H]1CCN(CCOc2ccc(-c3c(C(=O)c4ccccc4)sc4cc(O)ccc34)cc2)C1. The van der Waals surface area contributed by atoms with Gasteiger partial charge in [0.25, 0.3) is 0 Å². The highest BCUT2D eigenvalue weighted by Crippen LogP contribution is 2.41.